The third-order valence-corrected chi connectivity index (χ3v) is 3.74. The molecule has 0 aliphatic heterocycles. The highest BCUT2D eigenvalue weighted by Gasteiger charge is 2.13. The molecule has 1 amide bonds. The first-order valence-electron chi connectivity index (χ1n) is 6.62. The van der Waals surface area contributed by atoms with Gasteiger partial charge in [-0.05, 0) is 24.6 Å². The van der Waals surface area contributed by atoms with Crippen molar-refractivity contribution in [3.63, 3.8) is 0 Å². The normalized spacial score (nSPS) is 10.3. The van der Waals surface area contributed by atoms with Crippen LogP contribution < -0.4 is 10.9 Å². The highest BCUT2D eigenvalue weighted by Crippen LogP contribution is 2.22. The van der Waals surface area contributed by atoms with Crippen LogP contribution in [-0.2, 0) is 11.3 Å². The fourth-order valence-electron chi connectivity index (χ4n) is 1.73. The molecule has 2 aromatic rings. The van der Waals surface area contributed by atoms with Gasteiger partial charge in [0.1, 0.15) is 10.6 Å². The van der Waals surface area contributed by atoms with E-state index in [0.29, 0.717) is 16.4 Å². The minimum absolute atomic E-state index is 0.140. The highest BCUT2D eigenvalue weighted by molar-refractivity contribution is 7.18. The molecule has 116 valence electrons. The molecular weight excluding hydrogens is 306 g/mol. The molecule has 2 heterocycles. The van der Waals surface area contributed by atoms with Crippen molar-refractivity contribution >= 4 is 28.2 Å². The first kappa shape index (κ1) is 15.9. The number of hydrogen-bond donors (Lipinski definition) is 1. The standard InChI is InChI=1S/C14H15N3O4S/c1-3-8-17-12(18)7-4-9(16-17)13(19)15-11-6-5-10(22-11)14(20)21-2/h4-7H,3,8H2,1-2H3,(H,15,19). The van der Waals surface area contributed by atoms with Crippen molar-refractivity contribution in [2.24, 2.45) is 0 Å². The number of rotatable bonds is 5. The lowest BCUT2D eigenvalue weighted by Gasteiger charge is -2.05. The molecule has 22 heavy (non-hydrogen) atoms. The third kappa shape index (κ3) is 3.59. The Morgan fingerprint density at radius 2 is 2.09 bits per heavy atom. The molecule has 1 N–H and O–H groups in total. The van der Waals surface area contributed by atoms with Gasteiger partial charge >= 0.3 is 5.97 Å². The molecule has 0 aliphatic rings. The van der Waals surface area contributed by atoms with E-state index < -0.39 is 11.9 Å². The van der Waals surface area contributed by atoms with Crippen molar-refractivity contribution in [2.45, 2.75) is 19.9 Å². The molecule has 0 atom stereocenters. The fourth-order valence-corrected chi connectivity index (χ4v) is 2.55. The van der Waals surface area contributed by atoms with Gasteiger partial charge in [-0.1, -0.05) is 6.92 Å². The Balaban J connectivity index is 2.15. The molecule has 0 saturated carbocycles. The van der Waals surface area contributed by atoms with Gasteiger partial charge in [0.15, 0.2) is 0 Å². The quantitative estimate of drug-likeness (QED) is 0.847. The van der Waals surface area contributed by atoms with Crippen molar-refractivity contribution in [2.75, 3.05) is 12.4 Å². The molecule has 0 bridgehead atoms. The third-order valence-electron chi connectivity index (χ3n) is 2.76. The van der Waals surface area contributed by atoms with E-state index in [1.54, 1.807) is 12.1 Å². The van der Waals surface area contributed by atoms with Gasteiger partial charge in [-0.3, -0.25) is 9.59 Å². The minimum Gasteiger partial charge on any atom is -0.465 e. The Hall–Kier alpha value is -2.48. The van der Waals surface area contributed by atoms with E-state index in [4.69, 9.17) is 0 Å². The number of aryl methyl sites for hydroxylation is 1. The summed E-state index contributed by atoms with van der Waals surface area (Å²) in [5.74, 6) is -0.900. The van der Waals surface area contributed by atoms with E-state index in [2.05, 4.69) is 15.2 Å². The number of amides is 1. The zero-order valence-corrected chi connectivity index (χ0v) is 13.0. The molecule has 2 rings (SSSR count). The Bertz CT molecular complexity index is 751. The second-order valence-electron chi connectivity index (χ2n) is 4.39. The highest BCUT2D eigenvalue weighted by atomic mass is 32.1. The van der Waals surface area contributed by atoms with E-state index in [9.17, 15) is 14.4 Å². The molecule has 0 aromatic carbocycles. The van der Waals surface area contributed by atoms with Gasteiger partial charge in [0.25, 0.3) is 11.5 Å². The van der Waals surface area contributed by atoms with Crippen LogP contribution >= 0.6 is 11.3 Å². The number of hydrogen-bond acceptors (Lipinski definition) is 6. The van der Waals surface area contributed by atoms with Crippen molar-refractivity contribution < 1.29 is 14.3 Å². The Morgan fingerprint density at radius 3 is 2.77 bits per heavy atom. The maximum Gasteiger partial charge on any atom is 0.348 e. The summed E-state index contributed by atoms with van der Waals surface area (Å²) in [5, 5.41) is 7.16. The van der Waals surface area contributed by atoms with Crippen LogP contribution in [0.5, 0.6) is 0 Å². The first-order valence-corrected chi connectivity index (χ1v) is 7.44. The summed E-state index contributed by atoms with van der Waals surface area (Å²) in [6, 6.07) is 5.86. The number of methoxy groups -OCH3 is 1. The number of carbonyl (C=O) groups excluding carboxylic acids is 2. The molecule has 8 heteroatoms. The molecule has 0 spiro atoms. The second-order valence-corrected chi connectivity index (χ2v) is 5.47. The summed E-state index contributed by atoms with van der Waals surface area (Å²) in [4.78, 5) is 35.5. The summed E-state index contributed by atoms with van der Waals surface area (Å²) in [7, 11) is 1.29. The molecule has 7 nitrogen and oxygen atoms in total. The van der Waals surface area contributed by atoms with Crippen molar-refractivity contribution in [3.8, 4) is 0 Å². The molecule has 0 aliphatic carbocycles. The molecule has 0 unspecified atom stereocenters. The van der Waals surface area contributed by atoms with Gasteiger partial charge < -0.3 is 10.1 Å². The van der Waals surface area contributed by atoms with Crippen LogP contribution in [0.2, 0.25) is 0 Å². The second kappa shape index (κ2) is 6.99. The largest absolute Gasteiger partial charge is 0.465 e. The molecular formula is C14H15N3O4S. The zero-order chi connectivity index (χ0) is 16.1. The molecule has 0 saturated heterocycles. The molecule has 0 radical (unpaired) electrons. The monoisotopic (exact) mass is 321 g/mol. The number of anilines is 1. The Labute approximate surface area is 130 Å². The van der Waals surface area contributed by atoms with Gasteiger partial charge in [-0.2, -0.15) is 5.10 Å². The Morgan fingerprint density at radius 1 is 1.32 bits per heavy atom. The van der Waals surface area contributed by atoms with Gasteiger partial charge in [0.05, 0.1) is 12.1 Å². The van der Waals surface area contributed by atoms with E-state index in [1.165, 1.54) is 23.9 Å². The number of thiophene rings is 1. The van der Waals surface area contributed by atoms with Gasteiger partial charge in [-0.15, -0.1) is 11.3 Å². The van der Waals surface area contributed by atoms with Gasteiger partial charge in [0, 0.05) is 12.6 Å². The smallest absolute Gasteiger partial charge is 0.348 e. The van der Waals surface area contributed by atoms with Crippen LogP contribution in [0.25, 0.3) is 0 Å². The summed E-state index contributed by atoms with van der Waals surface area (Å²) < 4.78 is 5.86. The van der Waals surface area contributed by atoms with Crippen LogP contribution in [-0.4, -0.2) is 28.8 Å². The van der Waals surface area contributed by atoms with Crippen LogP contribution in [0.3, 0.4) is 0 Å². The van der Waals surface area contributed by atoms with Gasteiger partial charge in [0.2, 0.25) is 0 Å². The SMILES string of the molecule is CCCn1nc(C(=O)Nc2ccc(C(=O)OC)s2)ccc1=O. The summed E-state index contributed by atoms with van der Waals surface area (Å²) in [5.41, 5.74) is -0.108. The summed E-state index contributed by atoms with van der Waals surface area (Å²) >= 11 is 1.10. The molecule has 2 aromatic heterocycles. The summed E-state index contributed by atoms with van der Waals surface area (Å²) in [6.07, 6.45) is 0.741. The number of nitrogens with one attached hydrogen (secondary N) is 1. The van der Waals surface area contributed by atoms with E-state index in [-0.39, 0.29) is 11.3 Å². The predicted octanol–water partition coefficient (Wildman–Crippen LogP) is 1.75. The van der Waals surface area contributed by atoms with E-state index >= 15 is 0 Å². The van der Waals surface area contributed by atoms with E-state index in [1.807, 2.05) is 6.92 Å². The minimum atomic E-state index is -0.458. The maximum absolute atomic E-state index is 12.1. The van der Waals surface area contributed by atoms with Crippen molar-refractivity contribution in [1.82, 2.24) is 9.78 Å². The topological polar surface area (TPSA) is 90.3 Å². The van der Waals surface area contributed by atoms with Crippen LogP contribution in [0.1, 0.15) is 33.5 Å². The number of esters is 1. The van der Waals surface area contributed by atoms with Crippen LogP contribution in [0.4, 0.5) is 5.00 Å². The number of aromatic nitrogens is 2. The lowest BCUT2D eigenvalue weighted by molar-refractivity contribution is 0.0606. The van der Waals surface area contributed by atoms with Crippen LogP contribution in [0.15, 0.2) is 29.1 Å². The maximum atomic E-state index is 12.1. The number of carbonyl (C=O) groups is 2. The Kier molecular flexibility index (Phi) is 5.05. The number of ether oxygens (including phenoxy) is 1. The van der Waals surface area contributed by atoms with Crippen molar-refractivity contribution in [3.05, 3.63) is 45.2 Å². The molecule has 0 fully saturated rings. The van der Waals surface area contributed by atoms with Crippen LogP contribution in [0, 0.1) is 0 Å². The zero-order valence-electron chi connectivity index (χ0n) is 12.2. The van der Waals surface area contributed by atoms with E-state index in [0.717, 1.165) is 17.8 Å². The lowest BCUT2D eigenvalue weighted by Crippen LogP contribution is -2.25. The first-order chi connectivity index (χ1) is 10.5. The number of nitrogens with zero attached hydrogens (tertiary/aromatic N) is 2. The predicted molar refractivity (Wildman–Crippen MR) is 82.4 cm³/mol. The summed E-state index contributed by atoms with van der Waals surface area (Å²) in [6.45, 7) is 2.37. The average Bonchev–Trinajstić information content (AvgIpc) is 2.97. The average molecular weight is 321 g/mol. The fraction of sp³-hybridized carbons (Fsp3) is 0.286. The van der Waals surface area contributed by atoms with Crippen molar-refractivity contribution in [1.29, 1.82) is 0 Å². The lowest BCUT2D eigenvalue weighted by atomic mass is 10.3. The van der Waals surface area contributed by atoms with Gasteiger partial charge in [-0.25, -0.2) is 9.48 Å².